The zero-order chi connectivity index (χ0) is 13.5. The fraction of sp³-hybridized carbons (Fsp3) is 0.692. The van der Waals surface area contributed by atoms with Gasteiger partial charge in [-0.15, -0.1) is 0 Å². The molecule has 0 aromatic carbocycles. The molecule has 102 valence electrons. The Bertz CT molecular complexity index is 376. The first-order valence-corrected chi connectivity index (χ1v) is 6.46. The van der Waals surface area contributed by atoms with E-state index < -0.39 is 0 Å². The number of hydrogen-bond donors (Lipinski definition) is 2. The zero-order valence-electron chi connectivity index (χ0n) is 12.2. The molecule has 1 aromatic rings. The smallest absolute Gasteiger partial charge is 0.134 e. The minimum Gasteiger partial charge on any atom is -0.373 e. The molecule has 0 atom stereocenters. The van der Waals surface area contributed by atoms with E-state index in [1.165, 1.54) is 6.42 Å². The van der Waals surface area contributed by atoms with E-state index in [2.05, 4.69) is 39.6 Å². The number of anilines is 2. The summed E-state index contributed by atoms with van der Waals surface area (Å²) in [6.45, 7) is 6.03. The van der Waals surface area contributed by atoms with Crippen LogP contribution in [0.5, 0.6) is 0 Å². The molecule has 0 unspecified atom stereocenters. The molecule has 1 heterocycles. The predicted octanol–water partition coefficient (Wildman–Crippen LogP) is 1.89. The van der Waals surface area contributed by atoms with Crippen molar-refractivity contribution >= 4 is 11.6 Å². The summed E-state index contributed by atoms with van der Waals surface area (Å²) in [7, 11) is 6.09. The van der Waals surface area contributed by atoms with Gasteiger partial charge in [-0.05, 0) is 47.3 Å². The van der Waals surface area contributed by atoms with Crippen molar-refractivity contribution in [2.45, 2.75) is 26.7 Å². The maximum atomic E-state index is 4.44. The quantitative estimate of drug-likeness (QED) is 0.725. The van der Waals surface area contributed by atoms with Crippen molar-refractivity contribution in [1.82, 2.24) is 14.9 Å². The Labute approximate surface area is 110 Å². The molecule has 0 fully saturated rings. The van der Waals surface area contributed by atoms with Gasteiger partial charge in [0.25, 0.3) is 0 Å². The van der Waals surface area contributed by atoms with E-state index in [1.54, 1.807) is 0 Å². The van der Waals surface area contributed by atoms with Gasteiger partial charge in [0.05, 0.1) is 0 Å². The van der Waals surface area contributed by atoms with Gasteiger partial charge >= 0.3 is 0 Å². The monoisotopic (exact) mass is 251 g/mol. The van der Waals surface area contributed by atoms with Crippen LogP contribution in [0.4, 0.5) is 11.6 Å². The third-order valence-electron chi connectivity index (χ3n) is 2.82. The van der Waals surface area contributed by atoms with E-state index in [0.29, 0.717) is 0 Å². The molecular formula is C13H25N5. The summed E-state index contributed by atoms with van der Waals surface area (Å²) in [4.78, 5) is 11.0. The predicted molar refractivity (Wildman–Crippen MR) is 77.3 cm³/mol. The van der Waals surface area contributed by atoms with Crippen LogP contribution in [-0.4, -0.2) is 49.1 Å². The number of nitrogens with one attached hydrogen (secondary N) is 2. The van der Waals surface area contributed by atoms with Crippen molar-refractivity contribution < 1.29 is 0 Å². The molecule has 0 spiro atoms. The van der Waals surface area contributed by atoms with Gasteiger partial charge in [-0.25, -0.2) is 9.97 Å². The van der Waals surface area contributed by atoms with Crippen LogP contribution < -0.4 is 10.6 Å². The summed E-state index contributed by atoms with van der Waals surface area (Å²) in [5.41, 5.74) is 1.08. The Kier molecular flexibility index (Phi) is 5.85. The summed E-state index contributed by atoms with van der Waals surface area (Å²) in [5.74, 6) is 2.63. The second kappa shape index (κ2) is 7.16. The zero-order valence-corrected chi connectivity index (χ0v) is 12.2. The van der Waals surface area contributed by atoms with Gasteiger partial charge in [0.1, 0.15) is 17.5 Å². The number of rotatable bonds is 7. The normalized spacial score (nSPS) is 10.8. The standard InChI is InChI=1S/C13H25N5/c1-10-12(14-3)16-11(2)17-13(10)15-8-6-7-9-18(4)5/h6-9H2,1-5H3,(H2,14,15,16,17). The summed E-state index contributed by atoms with van der Waals surface area (Å²) >= 11 is 0. The van der Waals surface area contributed by atoms with Gasteiger partial charge < -0.3 is 15.5 Å². The van der Waals surface area contributed by atoms with Crippen LogP contribution in [0.2, 0.25) is 0 Å². The number of aromatic nitrogens is 2. The van der Waals surface area contributed by atoms with Crippen LogP contribution in [0.1, 0.15) is 24.2 Å². The van der Waals surface area contributed by atoms with Crippen molar-refractivity contribution in [3.05, 3.63) is 11.4 Å². The molecule has 0 aliphatic carbocycles. The van der Waals surface area contributed by atoms with Crippen molar-refractivity contribution in [3.63, 3.8) is 0 Å². The molecule has 5 heteroatoms. The SMILES string of the molecule is CNc1nc(C)nc(NCCCCN(C)C)c1C. The lowest BCUT2D eigenvalue weighted by Crippen LogP contribution is -2.15. The van der Waals surface area contributed by atoms with Gasteiger partial charge in [-0.3, -0.25) is 0 Å². The van der Waals surface area contributed by atoms with Gasteiger partial charge in [-0.1, -0.05) is 0 Å². The van der Waals surface area contributed by atoms with Crippen LogP contribution in [0, 0.1) is 13.8 Å². The third-order valence-corrected chi connectivity index (χ3v) is 2.82. The molecule has 0 amide bonds. The first kappa shape index (κ1) is 14.7. The lowest BCUT2D eigenvalue weighted by atomic mass is 10.2. The number of hydrogen-bond acceptors (Lipinski definition) is 5. The van der Waals surface area contributed by atoms with Crippen LogP contribution in [0.3, 0.4) is 0 Å². The number of aryl methyl sites for hydroxylation is 1. The average molecular weight is 251 g/mol. The molecule has 0 saturated heterocycles. The minimum atomic E-state index is 0.792. The van der Waals surface area contributed by atoms with Crippen molar-refractivity contribution in [1.29, 1.82) is 0 Å². The summed E-state index contributed by atoms with van der Waals surface area (Å²) < 4.78 is 0. The van der Waals surface area contributed by atoms with Crippen molar-refractivity contribution in [2.75, 3.05) is 44.9 Å². The fourth-order valence-electron chi connectivity index (χ4n) is 1.80. The van der Waals surface area contributed by atoms with E-state index in [4.69, 9.17) is 0 Å². The summed E-state index contributed by atoms with van der Waals surface area (Å²) in [5, 5.41) is 6.49. The molecule has 0 radical (unpaired) electrons. The second-order valence-electron chi connectivity index (χ2n) is 4.78. The van der Waals surface area contributed by atoms with E-state index >= 15 is 0 Å². The molecule has 0 saturated carbocycles. The second-order valence-corrected chi connectivity index (χ2v) is 4.78. The molecule has 2 N–H and O–H groups in total. The van der Waals surface area contributed by atoms with Gasteiger partial charge in [0.2, 0.25) is 0 Å². The first-order chi connectivity index (χ1) is 8.54. The maximum absolute atomic E-state index is 4.44. The largest absolute Gasteiger partial charge is 0.373 e. The summed E-state index contributed by atoms with van der Waals surface area (Å²) in [6.07, 6.45) is 2.34. The molecule has 0 aliphatic rings. The molecule has 1 aromatic heterocycles. The third kappa shape index (κ3) is 4.49. The fourth-order valence-corrected chi connectivity index (χ4v) is 1.80. The highest BCUT2D eigenvalue weighted by Gasteiger charge is 2.07. The Morgan fingerprint density at radius 1 is 1.06 bits per heavy atom. The van der Waals surface area contributed by atoms with Crippen LogP contribution >= 0.6 is 0 Å². The van der Waals surface area contributed by atoms with Crippen molar-refractivity contribution in [3.8, 4) is 0 Å². The lowest BCUT2D eigenvalue weighted by Gasteiger charge is -2.13. The maximum Gasteiger partial charge on any atom is 0.134 e. The van der Waals surface area contributed by atoms with Crippen LogP contribution in [-0.2, 0) is 0 Å². The highest BCUT2D eigenvalue weighted by Crippen LogP contribution is 2.19. The van der Waals surface area contributed by atoms with E-state index in [0.717, 1.165) is 42.5 Å². The van der Waals surface area contributed by atoms with Gasteiger partial charge in [-0.2, -0.15) is 0 Å². The van der Waals surface area contributed by atoms with Crippen LogP contribution in [0.15, 0.2) is 0 Å². The first-order valence-electron chi connectivity index (χ1n) is 6.46. The highest BCUT2D eigenvalue weighted by molar-refractivity contribution is 5.56. The molecule has 5 nitrogen and oxygen atoms in total. The Balaban J connectivity index is 2.49. The van der Waals surface area contributed by atoms with E-state index in [-0.39, 0.29) is 0 Å². The average Bonchev–Trinajstić information content (AvgIpc) is 2.32. The molecule has 0 bridgehead atoms. The van der Waals surface area contributed by atoms with Crippen molar-refractivity contribution in [2.24, 2.45) is 0 Å². The topological polar surface area (TPSA) is 53.1 Å². The Hall–Kier alpha value is -1.36. The summed E-state index contributed by atoms with van der Waals surface area (Å²) in [6, 6.07) is 0. The minimum absolute atomic E-state index is 0.792. The Morgan fingerprint density at radius 3 is 2.33 bits per heavy atom. The molecule has 1 rings (SSSR count). The molecular weight excluding hydrogens is 226 g/mol. The van der Waals surface area contributed by atoms with Crippen LogP contribution in [0.25, 0.3) is 0 Å². The van der Waals surface area contributed by atoms with Gasteiger partial charge in [0.15, 0.2) is 0 Å². The number of unbranched alkanes of at least 4 members (excludes halogenated alkanes) is 1. The van der Waals surface area contributed by atoms with E-state index in [9.17, 15) is 0 Å². The van der Waals surface area contributed by atoms with Gasteiger partial charge in [0, 0.05) is 19.2 Å². The van der Waals surface area contributed by atoms with E-state index in [1.807, 2.05) is 20.9 Å². The molecule has 0 aliphatic heterocycles. The Morgan fingerprint density at radius 2 is 1.72 bits per heavy atom. The lowest BCUT2D eigenvalue weighted by molar-refractivity contribution is 0.396. The number of nitrogens with zero attached hydrogens (tertiary/aromatic N) is 3. The highest BCUT2D eigenvalue weighted by atomic mass is 15.1. The molecule has 18 heavy (non-hydrogen) atoms.